The second-order valence-corrected chi connectivity index (χ2v) is 10.2. The van der Waals surface area contributed by atoms with E-state index in [1.807, 2.05) is 42.5 Å². The lowest BCUT2D eigenvalue weighted by molar-refractivity contribution is 0.100. The topological polar surface area (TPSA) is 106 Å². The van der Waals surface area contributed by atoms with E-state index in [0.717, 1.165) is 39.9 Å². The van der Waals surface area contributed by atoms with Crippen molar-refractivity contribution in [3.05, 3.63) is 96.8 Å². The van der Waals surface area contributed by atoms with Gasteiger partial charge in [0, 0.05) is 29.9 Å². The quantitative estimate of drug-likeness (QED) is 0.232. The standard InChI is InChI=1S/C33H32N6O2/c34-31(40)27-8-2-3-9-29(27)37-33-28-21-24(12-15-30(28)36-32(38-33)25-7-6-16-35-22-25)23-10-13-26(14-11-23)41-20-19-39-17-4-1-5-18-39/h2-3,6-16,21-22H,1,4-5,17-20H2,(H2,34,40)(H,36,37,38). The summed E-state index contributed by atoms with van der Waals surface area (Å²) in [5, 5.41) is 4.16. The van der Waals surface area contributed by atoms with Crippen LogP contribution in [0.1, 0.15) is 29.6 Å². The summed E-state index contributed by atoms with van der Waals surface area (Å²) >= 11 is 0. The van der Waals surface area contributed by atoms with Gasteiger partial charge in [-0.05, 0) is 85.6 Å². The van der Waals surface area contributed by atoms with Crippen molar-refractivity contribution in [1.82, 2.24) is 19.9 Å². The van der Waals surface area contributed by atoms with E-state index in [1.165, 1.54) is 32.4 Å². The van der Waals surface area contributed by atoms with Crippen molar-refractivity contribution < 1.29 is 9.53 Å². The minimum atomic E-state index is -0.516. The van der Waals surface area contributed by atoms with Gasteiger partial charge in [0.15, 0.2) is 5.82 Å². The number of carbonyl (C=O) groups excluding carboxylic acids is 1. The van der Waals surface area contributed by atoms with Crippen LogP contribution in [0.3, 0.4) is 0 Å². The van der Waals surface area contributed by atoms with Crippen LogP contribution in [-0.2, 0) is 0 Å². The van der Waals surface area contributed by atoms with Crippen molar-refractivity contribution >= 4 is 28.3 Å². The largest absolute Gasteiger partial charge is 0.492 e. The Hall–Kier alpha value is -4.82. The number of piperidine rings is 1. The summed E-state index contributed by atoms with van der Waals surface area (Å²) in [4.78, 5) is 28.5. The maximum absolute atomic E-state index is 12.1. The van der Waals surface area contributed by atoms with E-state index in [0.29, 0.717) is 29.5 Å². The maximum Gasteiger partial charge on any atom is 0.250 e. The first kappa shape index (κ1) is 26.4. The number of benzene rings is 3. The van der Waals surface area contributed by atoms with Crippen LogP contribution in [0.4, 0.5) is 11.5 Å². The second-order valence-electron chi connectivity index (χ2n) is 10.2. The van der Waals surface area contributed by atoms with Crippen LogP contribution < -0.4 is 15.8 Å². The highest BCUT2D eigenvalue weighted by molar-refractivity contribution is 6.01. The highest BCUT2D eigenvalue weighted by Gasteiger charge is 2.15. The molecule has 5 aromatic rings. The van der Waals surface area contributed by atoms with Crippen LogP contribution in [0, 0.1) is 0 Å². The van der Waals surface area contributed by atoms with Gasteiger partial charge >= 0.3 is 0 Å². The monoisotopic (exact) mass is 544 g/mol. The Labute approximate surface area is 239 Å². The fourth-order valence-corrected chi connectivity index (χ4v) is 5.18. The van der Waals surface area contributed by atoms with E-state index < -0.39 is 5.91 Å². The Kier molecular flexibility index (Phi) is 7.82. The number of ether oxygens (including phenoxy) is 1. The fourth-order valence-electron chi connectivity index (χ4n) is 5.18. The zero-order valence-electron chi connectivity index (χ0n) is 22.8. The van der Waals surface area contributed by atoms with Gasteiger partial charge in [-0.3, -0.25) is 14.7 Å². The summed E-state index contributed by atoms with van der Waals surface area (Å²) in [5.41, 5.74) is 10.2. The first-order chi connectivity index (χ1) is 20.1. The molecule has 0 aliphatic carbocycles. The molecule has 1 aliphatic rings. The zero-order valence-corrected chi connectivity index (χ0v) is 22.8. The van der Waals surface area contributed by atoms with Crippen molar-refractivity contribution in [2.45, 2.75) is 19.3 Å². The first-order valence-corrected chi connectivity index (χ1v) is 14.0. The molecule has 3 heterocycles. The molecule has 41 heavy (non-hydrogen) atoms. The predicted molar refractivity (Wildman–Crippen MR) is 162 cm³/mol. The van der Waals surface area contributed by atoms with Crippen LogP contribution in [-0.4, -0.2) is 52.0 Å². The normalized spacial score (nSPS) is 13.7. The summed E-state index contributed by atoms with van der Waals surface area (Å²) in [6.07, 6.45) is 7.34. The van der Waals surface area contributed by atoms with E-state index >= 15 is 0 Å². The highest BCUT2D eigenvalue weighted by atomic mass is 16.5. The predicted octanol–water partition coefficient (Wildman–Crippen LogP) is 6.07. The number of nitrogens with two attached hydrogens (primary N) is 1. The molecule has 8 nitrogen and oxygen atoms in total. The van der Waals surface area contributed by atoms with Gasteiger partial charge in [-0.25, -0.2) is 9.97 Å². The molecule has 0 unspecified atom stereocenters. The minimum Gasteiger partial charge on any atom is -0.492 e. The molecule has 206 valence electrons. The molecule has 0 atom stereocenters. The average molecular weight is 545 g/mol. The van der Waals surface area contributed by atoms with Crippen LogP contribution in [0.25, 0.3) is 33.4 Å². The van der Waals surface area contributed by atoms with Gasteiger partial charge in [0.05, 0.1) is 16.8 Å². The molecule has 3 N–H and O–H groups in total. The van der Waals surface area contributed by atoms with Crippen LogP contribution >= 0.6 is 0 Å². The van der Waals surface area contributed by atoms with Crippen molar-refractivity contribution in [2.24, 2.45) is 5.73 Å². The summed E-state index contributed by atoms with van der Waals surface area (Å²) in [6, 6.07) is 25.2. The van der Waals surface area contributed by atoms with Gasteiger partial charge in [0.25, 0.3) is 5.91 Å². The molecular weight excluding hydrogens is 512 g/mol. The molecule has 1 amide bonds. The number of likely N-dealkylation sites (tertiary alicyclic amines) is 1. The molecule has 0 radical (unpaired) electrons. The second kappa shape index (κ2) is 12.1. The van der Waals surface area contributed by atoms with Gasteiger partial charge in [0.2, 0.25) is 0 Å². The van der Waals surface area contributed by atoms with E-state index in [2.05, 4.69) is 39.5 Å². The first-order valence-electron chi connectivity index (χ1n) is 14.0. The molecule has 8 heteroatoms. The summed E-state index contributed by atoms with van der Waals surface area (Å²) in [7, 11) is 0. The van der Waals surface area contributed by atoms with Gasteiger partial charge in [-0.15, -0.1) is 0 Å². The number of pyridine rings is 1. The van der Waals surface area contributed by atoms with Crippen molar-refractivity contribution in [3.8, 4) is 28.3 Å². The lowest BCUT2D eigenvalue weighted by Crippen LogP contribution is -2.33. The lowest BCUT2D eigenvalue weighted by Gasteiger charge is -2.26. The third kappa shape index (κ3) is 6.18. The number of amides is 1. The van der Waals surface area contributed by atoms with Crippen LogP contribution in [0.5, 0.6) is 5.75 Å². The number of nitrogens with one attached hydrogen (secondary N) is 1. The molecule has 2 aromatic heterocycles. The highest BCUT2D eigenvalue weighted by Crippen LogP contribution is 2.32. The Bertz CT molecular complexity index is 1650. The Balaban J connectivity index is 1.30. The molecule has 0 saturated carbocycles. The van der Waals surface area contributed by atoms with Gasteiger partial charge in [0.1, 0.15) is 18.2 Å². The van der Waals surface area contributed by atoms with E-state index in [4.69, 9.17) is 20.4 Å². The fraction of sp³-hybridized carbons (Fsp3) is 0.212. The number of fused-ring (bicyclic) bond motifs is 1. The number of para-hydroxylation sites is 1. The van der Waals surface area contributed by atoms with Crippen molar-refractivity contribution in [1.29, 1.82) is 0 Å². The van der Waals surface area contributed by atoms with Gasteiger partial charge in [-0.1, -0.05) is 36.8 Å². The van der Waals surface area contributed by atoms with Gasteiger partial charge in [-0.2, -0.15) is 0 Å². The molecule has 3 aromatic carbocycles. The van der Waals surface area contributed by atoms with Crippen molar-refractivity contribution in [2.75, 3.05) is 31.6 Å². The third-order valence-electron chi connectivity index (χ3n) is 7.37. The number of rotatable bonds is 9. The Morgan fingerprint density at radius 3 is 2.46 bits per heavy atom. The number of aromatic nitrogens is 3. The molecule has 0 bridgehead atoms. The van der Waals surface area contributed by atoms with Gasteiger partial charge < -0.3 is 15.8 Å². The van der Waals surface area contributed by atoms with Crippen LogP contribution in [0.15, 0.2) is 91.3 Å². The maximum atomic E-state index is 12.1. The number of hydrogen-bond acceptors (Lipinski definition) is 7. The van der Waals surface area contributed by atoms with E-state index in [1.54, 1.807) is 24.5 Å². The minimum absolute atomic E-state index is 0.384. The van der Waals surface area contributed by atoms with E-state index in [9.17, 15) is 4.79 Å². The number of primary amides is 1. The molecule has 1 aliphatic heterocycles. The summed E-state index contributed by atoms with van der Waals surface area (Å²) in [6.45, 7) is 3.99. The molecule has 0 spiro atoms. The SMILES string of the molecule is NC(=O)c1ccccc1Nc1nc(-c2cccnc2)nc2ccc(-c3ccc(OCCN4CCCCC4)cc3)cc12. The third-order valence-corrected chi connectivity index (χ3v) is 7.37. The number of carbonyl (C=O) groups is 1. The summed E-state index contributed by atoms with van der Waals surface area (Å²) in [5.74, 6) is 1.45. The lowest BCUT2D eigenvalue weighted by atomic mass is 10.0. The number of nitrogens with zero attached hydrogens (tertiary/aromatic N) is 4. The average Bonchev–Trinajstić information content (AvgIpc) is 3.02. The molecule has 1 fully saturated rings. The number of anilines is 2. The molecule has 1 saturated heterocycles. The van der Waals surface area contributed by atoms with Crippen LogP contribution in [0.2, 0.25) is 0 Å². The van der Waals surface area contributed by atoms with Crippen molar-refractivity contribution in [3.63, 3.8) is 0 Å². The summed E-state index contributed by atoms with van der Waals surface area (Å²) < 4.78 is 6.03. The van der Waals surface area contributed by atoms with E-state index in [-0.39, 0.29) is 0 Å². The molecule has 6 rings (SSSR count). The Morgan fingerprint density at radius 2 is 1.68 bits per heavy atom. The molecular formula is C33H32N6O2. The number of hydrogen-bond donors (Lipinski definition) is 2. The Morgan fingerprint density at radius 1 is 0.878 bits per heavy atom. The smallest absolute Gasteiger partial charge is 0.250 e. The zero-order chi connectivity index (χ0) is 28.0.